The Bertz CT molecular complexity index is 246. The van der Waals surface area contributed by atoms with Gasteiger partial charge in [0.05, 0.1) is 6.61 Å². The summed E-state index contributed by atoms with van der Waals surface area (Å²) >= 11 is 0. The SMILES string of the molecule is CCNC(CN1CCCC(C)CC1)C(=O)OCC. The number of likely N-dealkylation sites (N-methyl/N-ethyl adjacent to an activating group) is 1. The number of hydrogen-bond donors (Lipinski definition) is 1. The van der Waals surface area contributed by atoms with Gasteiger partial charge in [-0.2, -0.15) is 0 Å². The first-order valence-corrected chi connectivity index (χ1v) is 7.29. The summed E-state index contributed by atoms with van der Waals surface area (Å²) < 4.78 is 5.12. The predicted octanol–water partition coefficient (Wildman–Crippen LogP) is 1.65. The van der Waals surface area contributed by atoms with E-state index in [4.69, 9.17) is 4.74 Å². The van der Waals surface area contributed by atoms with Crippen molar-refractivity contribution in [2.45, 2.75) is 46.1 Å². The van der Waals surface area contributed by atoms with Crippen LogP contribution in [0.3, 0.4) is 0 Å². The number of ether oxygens (including phenoxy) is 1. The van der Waals surface area contributed by atoms with Gasteiger partial charge in [-0.1, -0.05) is 13.8 Å². The van der Waals surface area contributed by atoms with Crippen LogP contribution in [0.15, 0.2) is 0 Å². The molecule has 1 N–H and O–H groups in total. The fourth-order valence-corrected chi connectivity index (χ4v) is 2.47. The maximum absolute atomic E-state index is 11.8. The molecule has 0 aromatic carbocycles. The maximum Gasteiger partial charge on any atom is 0.324 e. The number of carbonyl (C=O) groups is 1. The average molecular weight is 256 g/mol. The first kappa shape index (κ1) is 15.4. The summed E-state index contributed by atoms with van der Waals surface area (Å²) in [6.45, 7) is 10.4. The molecule has 0 aromatic heterocycles. The summed E-state index contributed by atoms with van der Waals surface area (Å²) in [5.41, 5.74) is 0. The lowest BCUT2D eigenvalue weighted by Crippen LogP contribution is -2.47. The van der Waals surface area contributed by atoms with E-state index in [2.05, 4.69) is 17.1 Å². The summed E-state index contributed by atoms with van der Waals surface area (Å²) in [4.78, 5) is 14.2. The molecule has 1 fully saturated rings. The standard InChI is InChI=1S/C14H28N2O2/c1-4-15-13(14(17)18-5-2)11-16-9-6-7-12(3)8-10-16/h12-13,15H,4-11H2,1-3H3. The van der Waals surface area contributed by atoms with Gasteiger partial charge in [-0.05, 0) is 51.7 Å². The molecule has 1 saturated heterocycles. The normalized spacial score (nSPS) is 23.4. The van der Waals surface area contributed by atoms with Gasteiger partial charge in [0.2, 0.25) is 0 Å². The van der Waals surface area contributed by atoms with E-state index in [9.17, 15) is 4.79 Å². The number of rotatable bonds is 6. The van der Waals surface area contributed by atoms with Crippen LogP contribution in [0.25, 0.3) is 0 Å². The van der Waals surface area contributed by atoms with Crippen LogP contribution >= 0.6 is 0 Å². The Morgan fingerprint density at radius 2 is 2.17 bits per heavy atom. The third-order valence-corrected chi connectivity index (χ3v) is 3.57. The second-order valence-electron chi connectivity index (χ2n) is 5.20. The molecule has 0 amide bonds. The van der Waals surface area contributed by atoms with Crippen molar-refractivity contribution < 1.29 is 9.53 Å². The van der Waals surface area contributed by atoms with E-state index < -0.39 is 0 Å². The van der Waals surface area contributed by atoms with E-state index in [1.807, 2.05) is 13.8 Å². The molecule has 0 bridgehead atoms. The Hall–Kier alpha value is -0.610. The van der Waals surface area contributed by atoms with Gasteiger partial charge < -0.3 is 15.0 Å². The van der Waals surface area contributed by atoms with Crippen molar-refractivity contribution in [1.82, 2.24) is 10.2 Å². The molecule has 1 aliphatic rings. The molecule has 18 heavy (non-hydrogen) atoms. The van der Waals surface area contributed by atoms with Crippen molar-refractivity contribution in [3.05, 3.63) is 0 Å². The lowest BCUT2D eigenvalue weighted by Gasteiger charge is -2.25. The molecule has 1 heterocycles. The van der Waals surface area contributed by atoms with Gasteiger partial charge in [-0.25, -0.2) is 0 Å². The number of hydrogen-bond acceptors (Lipinski definition) is 4. The van der Waals surface area contributed by atoms with Crippen molar-refractivity contribution in [3.63, 3.8) is 0 Å². The van der Waals surface area contributed by atoms with Gasteiger partial charge in [-0.3, -0.25) is 4.79 Å². The minimum Gasteiger partial charge on any atom is -0.465 e. The van der Waals surface area contributed by atoms with Gasteiger partial charge in [0.1, 0.15) is 6.04 Å². The summed E-state index contributed by atoms with van der Waals surface area (Å²) in [5.74, 6) is 0.701. The van der Waals surface area contributed by atoms with Crippen LogP contribution in [0.4, 0.5) is 0 Å². The van der Waals surface area contributed by atoms with Crippen LogP contribution in [0, 0.1) is 5.92 Å². The van der Waals surface area contributed by atoms with Gasteiger partial charge in [0, 0.05) is 6.54 Å². The highest BCUT2D eigenvalue weighted by Gasteiger charge is 2.23. The average Bonchev–Trinajstić information content (AvgIpc) is 2.54. The summed E-state index contributed by atoms with van der Waals surface area (Å²) in [7, 11) is 0. The first-order valence-electron chi connectivity index (χ1n) is 7.29. The van der Waals surface area contributed by atoms with Crippen LogP contribution < -0.4 is 5.32 Å². The number of esters is 1. The Morgan fingerprint density at radius 1 is 1.39 bits per heavy atom. The monoisotopic (exact) mass is 256 g/mol. The largest absolute Gasteiger partial charge is 0.465 e. The van der Waals surface area contributed by atoms with Crippen molar-refractivity contribution in [1.29, 1.82) is 0 Å². The molecule has 1 rings (SSSR count). The first-order chi connectivity index (χ1) is 8.67. The molecule has 0 radical (unpaired) electrons. The lowest BCUT2D eigenvalue weighted by atomic mass is 10.0. The Kier molecular flexibility index (Phi) is 7.28. The molecule has 0 saturated carbocycles. The van der Waals surface area contributed by atoms with Crippen LogP contribution in [0.1, 0.15) is 40.0 Å². The lowest BCUT2D eigenvalue weighted by molar-refractivity contribution is -0.146. The van der Waals surface area contributed by atoms with Crippen LogP contribution in [0.5, 0.6) is 0 Å². The topological polar surface area (TPSA) is 41.6 Å². The van der Waals surface area contributed by atoms with Gasteiger partial charge in [0.25, 0.3) is 0 Å². The minimum absolute atomic E-state index is 0.114. The van der Waals surface area contributed by atoms with Crippen molar-refractivity contribution in [2.75, 3.05) is 32.8 Å². The maximum atomic E-state index is 11.8. The third kappa shape index (κ3) is 5.36. The molecular weight excluding hydrogens is 228 g/mol. The molecule has 0 aromatic rings. The fraction of sp³-hybridized carbons (Fsp3) is 0.929. The minimum atomic E-state index is -0.177. The van der Waals surface area contributed by atoms with Crippen LogP contribution in [-0.4, -0.2) is 49.7 Å². The van der Waals surface area contributed by atoms with Crippen LogP contribution in [-0.2, 0) is 9.53 Å². The van der Waals surface area contributed by atoms with Crippen molar-refractivity contribution in [2.24, 2.45) is 5.92 Å². The quantitative estimate of drug-likeness (QED) is 0.734. The van der Waals surface area contributed by atoms with Gasteiger partial charge in [-0.15, -0.1) is 0 Å². The van der Waals surface area contributed by atoms with Crippen molar-refractivity contribution in [3.8, 4) is 0 Å². The molecule has 0 aliphatic carbocycles. The molecule has 4 heteroatoms. The van der Waals surface area contributed by atoms with E-state index in [0.717, 1.165) is 32.1 Å². The zero-order valence-corrected chi connectivity index (χ0v) is 12.1. The number of likely N-dealkylation sites (tertiary alicyclic amines) is 1. The van der Waals surface area contributed by atoms with E-state index in [-0.39, 0.29) is 12.0 Å². The molecule has 1 aliphatic heterocycles. The van der Waals surface area contributed by atoms with E-state index >= 15 is 0 Å². The van der Waals surface area contributed by atoms with Crippen molar-refractivity contribution >= 4 is 5.97 Å². The van der Waals surface area contributed by atoms with E-state index in [0.29, 0.717) is 6.61 Å². The highest BCUT2D eigenvalue weighted by molar-refractivity contribution is 5.76. The molecular formula is C14H28N2O2. The van der Waals surface area contributed by atoms with Gasteiger partial charge >= 0.3 is 5.97 Å². The molecule has 4 nitrogen and oxygen atoms in total. The molecule has 2 atom stereocenters. The number of carbonyl (C=O) groups excluding carboxylic acids is 1. The van der Waals surface area contributed by atoms with Gasteiger partial charge in [0.15, 0.2) is 0 Å². The Morgan fingerprint density at radius 3 is 2.83 bits per heavy atom. The summed E-state index contributed by atoms with van der Waals surface area (Å²) in [6.07, 6.45) is 3.78. The Labute approximate surface area is 111 Å². The highest BCUT2D eigenvalue weighted by Crippen LogP contribution is 2.16. The zero-order chi connectivity index (χ0) is 13.4. The van der Waals surface area contributed by atoms with E-state index in [1.54, 1.807) is 0 Å². The second kappa shape index (κ2) is 8.48. The third-order valence-electron chi connectivity index (χ3n) is 3.57. The Balaban J connectivity index is 2.46. The van der Waals surface area contributed by atoms with E-state index in [1.165, 1.54) is 19.3 Å². The fourth-order valence-electron chi connectivity index (χ4n) is 2.47. The zero-order valence-electron chi connectivity index (χ0n) is 12.1. The molecule has 106 valence electrons. The highest BCUT2D eigenvalue weighted by atomic mass is 16.5. The second-order valence-corrected chi connectivity index (χ2v) is 5.20. The summed E-state index contributed by atoms with van der Waals surface area (Å²) in [6, 6.07) is -0.177. The molecule has 2 unspecified atom stereocenters. The number of nitrogens with one attached hydrogen (secondary N) is 1. The molecule has 0 spiro atoms. The predicted molar refractivity (Wildman–Crippen MR) is 73.6 cm³/mol. The smallest absolute Gasteiger partial charge is 0.324 e. The van der Waals surface area contributed by atoms with Crippen LogP contribution in [0.2, 0.25) is 0 Å². The number of nitrogens with zero attached hydrogens (tertiary/aromatic N) is 1. The summed E-state index contributed by atoms with van der Waals surface area (Å²) in [5, 5.41) is 3.23.